The number of likely N-dealkylation sites (N-methyl/N-ethyl adjacent to an activating group) is 1. The van der Waals surface area contributed by atoms with E-state index < -0.39 is 10.0 Å². The molecule has 0 saturated carbocycles. The van der Waals surface area contributed by atoms with Gasteiger partial charge in [0.2, 0.25) is 10.0 Å². The highest BCUT2D eigenvalue weighted by Gasteiger charge is 2.28. The van der Waals surface area contributed by atoms with Gasteiger partial charge in [-0.15, -0.1) is 0 Å². The summed E-state index contributed by atoms with van der Waals surface area (Å²) >= 11 is 0. The molecule has 0 radical (unpaired) electrons. The van der Waals surface area contributed by atoms with Crippen molar-refractivity contribution >= 4 is 10.0 Å². The van der Waals surface area contributed by atoms with Gasteiger partial charge < -0.3 is 10.0 Å². The summed E-state index contributed by atoms with van der Waals surface area (Å²) < 4.78 is 24.6. The summed E-state index contributed by atoms with van der Waals surface area (Å²) in [6.07, 6.45) is 0. The minimum absolute atomic E-state index is 0.163. The first kappa shape index (κ1) is 11.9. The van der Waals surface area contributed by atoms with Crippen LogP contribution in [0.2, 0.25) is 0 Å². The minimum atomic E-state index is -3.23. The van der Waals surface area contributed by atoms with Crippen LogP contribution >= 0.6 is 0 Å². The average molecular weight is 222 g/mol. The van der Waals surface area contributed by atoms with Crippen LogP contribution in [-0.2, 0) is 10.0 Å². The van der Waals surface area contributed by atoms with Crippen molar-refractivity contribution in [3.63, 3.8) is 0 Å². The van der Waals surface area contributed by atoms with Gasteiger partial charge in [0, 0.05) is 25.7 Å². The van der Waals surface area contributed by atoms with E-state index in [4.69, 9.17) is 5.11 Å². The van der Waals surface area contributed by atoms with Gasteiger partial charge >= 0.3 is 0 Å². The van der Waals surface area contributed by atoms with Crippen molar-refractivity contribution in [2.24, 2.45) is 0 Å². The Labute approximate surface area is 85.4 Å². The van der Waals surface area contributed by atoms with E-state index in [2.05, 4.69) is 4.90 Å². The second kappa shape index (κ2) is 4.57. The fraction of sp³-hybridized carbons (Fsp3) is 1.00. The minimum Gasteiger partial charge on any atom is -0.395 e. The van der Waals surface area contributed by atoms with Gasteiger partial charge in [0.15, 0.2) is 0 Å². The zero-order valence-electron chi connectivity index (χ0n) is 8.68. The Morgan fingerprint density at radius 1 is 1.43 bits per heavy atom. The Morgan fingerprint density at radius 3 is 2.57 bits per heavy atom. The van der Waals surface area contributed by atoms with Crippen LogP contribution in [0, 0.1) is 0 Å². The Hall–Kier alpha value is -0.170. The number of nitrogens with zero attached hydrogens (tertiary/aromatic N) is 2. The molecule has 0 aromatic carbocycles. The molecule has 0 aromatic rings. The van der Waals surface area contributed by atoms with Gasteiger partial charge in [-0.25, -0.2) is 8.42 Å². The molecule has 0 bridgehead atoms. The normalized spacial score (nSPS) is 26.6. The smallest absolute Gasteiger partial charge is 0.216 e. The first-order valence-electron chi connectivity index (χ1n) is 4.76. The third-order valence-electron chi connectivity index (χ3n) is 2.67. The molecule has 14 heavy (non-hydrogen) atoms. The summed E-state index contributed by atoms with van der Waals surface area (Å²) in [5.41, 5.74) is 0. The number of hydrogen-bond donors (Lipinski definition) is 1. The lowest BCUT2D eigenvalue weighted by molar-refractivity contribution is 0.159. The van der Waals surface area contributed by atoms with Crippen LogP contribution < -0.4 is 0 Å². The largest absolute Gasteiger partial charge is 0.395 e. The maximum absolute atomic E-state index is 11.6. The summed E-state index contributed by atoms with van der Waals surface area (Å²) in [4.78, 5) is 2.13. The number of rotatable bonds is 3. The van der Waals surface area contributed by atoms with E-state index in [0.29, 0.717) is 13.1 Å². The van der Waals surface area contributed by atoms with E-state index in [1.807, 2.05) is 14.0 Å². The highest BCUT2D eigenvalue weighted by Crippen LogP contribution is 2.11. The molecule has 1 aliphatic rings. The zero-order valence-corrected chi connectivity index (χ0v) is 9.50. The van der Waals surface area contributed by atoms with E-state index in [-0.39, 0.29) is 18.4 Å². The third-order valence-corrected chi connectivity index (χ3v) is 4.48. The van der Waals surface area contributed by atoms with E-state index in [0.717, 1.165) is 6.54 Å². The van der Waals surface area contributed by atoms with Crippen molar-refractivity contribution in [2.75, 3.05) is 39.0 Å². The van der Waals surface area contributed by atoms with Crippen LogP contribution in [-0.4, -0.2) is 67.8 Å². The standard InChI is InChI=1S/C8H18N2O3S/c1-8-7-10(4-3-9(8)2)14(12,13)6-5-11/h8,11H,3-7H2,1-2H3. The van der Waals surface area contributed by atoms with Crippen molar-refractivity contribution < 1.29 is 13.5 Å². The van der Waals surface area contributed by atoms with E-state index in [1.165, 1.54) is 4.31 Å². The molecule has 0 aromatic heterocycles. The van der Waals surface area contributed by atoms with Crippen LogP contribution in [0.15, 0.2) is 0 Å². The van der Waals surface area contributed by atoms with Crippen LogP contribution in [0.3, 0.4) is 0 Å². The number of hydrogen-bond acceptors (Lipinski definition) is 4. The fourth-order valence-corrected chi connectivity index (χ4v) is 2.80. The third kappa shape index (κ3) is 2.66. The Kier molecular flexibility index (Phi) is 3.88. The topological polar surface area (TPSA) is 60.9 Å². The van der Waals surface area contributed by atoms with Crippen LogP contribution in [0.25, 0.3) is 0 Å². The lowest BCUT2D eigenvalue weighted by Crippen LogP contribution is -2.52. The van der Waals surface area contributed by atoms with Crippen molar-refractivity contribution in [1.29, 1.82) is 0 Å². The number of sulfonamides is 1. The van der Waals surface area contributed by atoms with Gasteiger partial charge in [0.25, 0.3) is 0 Å². The summed E-state index contributed by atoms with van der Waals surface area (Å²) in [5, 5.41) is 8.63. The van der Waals surface area contributed by atoms with Crippen LogP contribution in [0.1, 0.15) is 6.92 Å². The maximum Gasteiger partial charge on any atom is 0.216 e. The molecule has 84 valence electrons. The molecule has 0 spiro atoms. The summed E-state index contributed by atoms with van der Waals surface area (Å²) in [6.45, 7) is 3.51. The van der Waals surface area contributed by atoms with E-state index >= 15 is 0 Å². The number of piperazine rings is 1. The molecule has 1 atom stereocenters. The number of aliphatic hydroxyl groups excluding tert-OH is 1. The highest BCUT2D eigenvalue weighted by atomic mass is 32.2. The molecule has 0 aliphatic carbocycles. The summed E-state index contributed by atoms with van der Waals surface area (Å²) in [6, 6.07) is 0.247. The molecule has 5 nitrogen and oxygen atoms in total. The van der Waals surface area contributed by atoms with Gasteiger partial charge in [-0.05, 0) is 14.0 Å². The molecular formula is C8H18N2O3S. The van der Waals surface area contributed by atoms with Crippen molar-refractivity contribution in [2.45, 2.75) is 13.0 Å². The Morgan fingerprint density at radius 2 is 2.07 bits per heavy atom. The predicted octanol–water partition coefficient (Wildman–Crippen LogP) is -1.06. The Bertz CT molecular complexity index is 278. The lowest BCUT2D eigenvalue weighted by atomic mass is 10.2. The zero-order chi connectivity index (χ0) is 10.8. The van der Waals surface area contributed by atoms with Crippen molar-refractivity contribution in [1.82, 2.24) is 9.21 Å². The Balaban J connectivity index is 2.63. The molecular weight excluding hydrogens is 204 g/mol. The second-order valence-electron chi connectivity index (χ2n) is 3.73. The lowest BCUT2D eigenvalue weighted by Gasteiger charge is -2.36. The molecule has 1 unspecified atom stereocenters. The molecule has 1 N–H and O–H groups in total. The van der Waals surface area contributed by atoms with Crippen molar-refractivity contribution in [3.8, 4) is 0 Å². The molecule has 1 saturated heterocycles. The number of aliphatic hydroxyl groups is 1. The first-order chi connectivity index (χ1) is 6.47. The molecule has 0 amide bonds. The maximum atomic E-state index is 11.6. The average Bonchev–Trinajstić information content (AvgIpc) is 2.09. The van der Waals surface area contributed by atoms with Crippen LogP contribution in [0.5, 0.6) is 0 Å². The SMILES string of the molecule is CC1CN(S(=O)(=O)CCO)CCN1C. The molecule has 1 rings (SSSR count). The highest BCUT2D eigenvalue weighted by molar-refractivity contribution is 7.89. The fourth-order valence-electron chi connectivity index (χ4n) is 1.51. The summed E-state index contributed by atoms with van der Waals surface area (Å²) in [5.74, 6) is -0.163. The van der Waals surface area contributed by atoms with Gasteiger partial charge in [-0.3, -0.25) is 0 Å². The molecule has 1 heterocycles. The molecule has 1 fully saturated rings. The van der Waals surface area contributed by atoms with Crippen molar-refractivity contribution in [3.05, 3.63) is 0 Å². The quantitative estimate of drug-likeness (QED) is 0.661. The second-order valence-corrected chi connectivity index (χ2v) is 5.82. The van der Waals surface area contributed by atoms with Gasteiger partial charge in [-0.1, -0.05) is 0 Å². The van der Waals surface area contributed by atoms with E-state index in [1.54, 1.807) is 0 Å². The van der Waals surface area contributed by atoms with Gasteiger partial charge in [-0.2, -0.15) is 4.31 Å². The van der Waals surface area contributed by atoms with Gasteiger partial charge in [0.05, 0.1) is 12.4 Å². The van der Waals surface area contributed by atoms with Gasteiger partial charge in [0.1, 0.15) is 0 Å². The molecule has 1 aliphatic heterocycles. The van der Waals surface area contributed by atoms with Crippen LogP contribution in [0.4, 0.5) is 0 Å². The summed E-state index contributed by atoms with van der Waals surface area (Å²) in [7, 11) is -1.25. The van der Waals surface area contributed by atoms with E-state index in [9.17, 15) is 8.42 Å². The predicted molar refractivity (Wildman–Crippen MR) is 54.5 cm³/mol. The molecule has 6 heteroatoms. The monoisotopic (exact) mass is 222 g/mol. The first-order valence-corrected chi connectivity index (χ1v) is 6.37.